The van der Waals surface area contributed by atoms with Gasteiger partial charge in [-0.2, -0.15) is 0 Å². The van der Waals surface area contributed by atoms with Crippen molar-refractivity contribution in [3.63, 3.8) is 0 Å². The van der Waals surface area contributed by atoms with Crippen LogP contribution in [0.1, 0.15) is 29.2 Å². The minimum absolute atomic E-state index is 0.0805. The molecule has 1 saturated carbocycles. The molecule has 136 valence electrons. The summed E-state index contributed by atoms with van der Waals surface area (Å²) < 4.78 is 32.6. The van der Waals surface area contributed by atoms with Gasteiger partial charge in [0.1, 0.15) is 11.8 Å². The lowest BCUT2D eigenvalue weighted by molar-refractivity contribution is 0.507. The first-order chi connectivity index (χ1) is 13.0. The maximum atomic E-state index is 13.5. The molecule has 4 aromatic rings. The van der Waals surface area contributed by atoms with Gasteiger partial charge in [-0.25, -0.2) is 23.7 Å². The normalized spacial score (nSPS) is 19.0. The maximum Gasteiger partial charge on any atom is 0.229 e. The summed E-state index contributed by atoms with van der Waals surface area (Å²) in [5, 5.41) is 4.23. The molecule has 1 aromatic carbocycles. The summed E-state index contributed by atoms with van der Waals surface area (Å²) in [4.78, 5) is 13.1. The quantitative estimate of drug-likeness (QED) is 0.572. The molecule has 0 bridgehead atoms. The van der Waals surface area contributed by atoms with Crippen molar-refractivity contribution in [2.24, 2.45) is 0 Å². The van der Waals surface area contributed by atoms with E-state index in [-0.39, 0.29) is 12.0 Å². The van der Waals surface area contributed by atoms with Crippen LogP contribution in [0.5, 0.6) is 0 Å². The van der Waals surface area contributed by atoms with Crippen molar-refractivity contribution in [2.45, 2.75) is 32.2 Å². The number of anilines is 1. The zero-order valence-electron chi connectivity index (χ0n) is 14.8. The van der Waals surface area contributed by atoms with Crippen LogP contribution in [0.4, 0.5) is 14.6 Å². The summed E-state index contributed by atoms with van der Waals surface area (Å²) in [7, 11) is 0. The van der Waals surface area contributed by atoms with Crippen LogP contribution in [-0.2, 0) is 0 Å². The van der Waals surface area contributed by atoms with Crippen LogP contribution in [0.3, 0.4) is 0 Å². The highest BCUT2D eigenvalue weighted by Crippen LogP contribution is 2.44. The van der Waals surface area contributed by atoms with Crippen LogP contribution in [-0.4, -0.2) is 21.0 Å². The van der Waals surface area contributed by atoms with Gasteiger partial charge in [0, 0.05) is 17.7 Å². The van der Waals surface area contributed by atoms with E-state index in [0.717, 1.165) is 34.1 Å². The summed E-state index contributed by atoms with van der Waals surface area (Å²) in [5.41, 5.74) is 4.52. The summed E-state index contributed by atoms with van der Waals surface area (Å²) in [6.45, 7) is 3.92. The largest absolute Gasteiger partial charge is 0.432 e. The van der Waals surface area contributed by atoms with Gasteiger partial charge in [-0.05, 0) is 49.6 Å². The molecule has 1 N–H and O–H groups in total. The third kappa shape index (κ3) is 2.61. The van der Waals surface area contributed by atoms with Crippen LogP contribution < -0.4 is 5.32 Å². The Morgan fingerprint density at radius 3 is 2.78 bits per heavy atom. The second-order valence-electron chi connectivity index (χ2n) is 7.03. The van der Waals surface area contributed by atoms with Crippen molar-refractivity contribution >= 4 is 28.0 Å². The third-order valence-corrected chi connectivity index (χ3v) is 5.04. The Morgan fingerprint density at radius 1 is 1.11 bits per heavy atom. The second kappa shape index (κ2) is 5.70. The Balaban J connectivity index is 1.49. The number of nitrogens with one attached hydrogen (secondary N) is 1. The van der Waals surface area contributed by atoms with Crippen LogP contribution in [0, 0.1) is 25.5 Å². The Bertz CT molecular complexity index is 1200. The molecule has 0 radical (unpaired) electrons. The van der Waals surface area contributed by atoms with E-state index in [4.69, 9.17) is 4.42 Å². The SMILES string of the molecule is Cc1cc(C)c2c(n1)oc1c(NC3C[C@H]3c3ccc(F)c(F)c3)ncnc12. The number of halogens is 2. The van der Waals surface area contributed by atoms with Gasteiger partial charge < -0.3 is 9.73 Å². The van der Waals surface area contributed by atoms with Gasteiger partial charge in [0.25, 0.3) is 0 Å². The lowest BCUT2D eigenvalue weighted by Crippen LogP contribution is -2.06. The molecule has 1 aliphatic carbocycles. The van der Waals surface area contributed by atoms with Crippen molar-refractivity contribution in [1.29, 1.82) is 0 Å². The molecule has 1 aliphatic rings. The summed E-state index contributed by atoms with van der Waals surface area (Å²) in [6, 6.07) is 6.12. The van der Waals surface area contributed by atoms with E-state index in [1.54, 1.807) is 6.07 Å². The number of fused-ring (bicyclic) bond motifs is 3. The van der Waals surface area contributed by atoms with Crippen molar-refractivity contribution < 1.29 is 13.2 Å². The highest BCUT2D eigenvalue weighted by Gasteiger charge is 2.39. The molecular weight excluding hydrogens is 350 g/mol. The van der Waals surface area contributed by atoms with Gasteiger partial charge in [-0.15, -0.1) is 0 Å². The molecule has 0 saturated heterocycles. The minimum Gasteiger partial charge on any atom is -0.432 e. The molecule has 1 unspecified atom stereocenters. The first-order valence-electron chi connectivity index (χ1n) is 8.74. The first-order valence-corrected chi connectivity index (χ1v) is 8.74. The van der Waals surface area contributed by atoms with Gasteiger partial charge in [0.05, 0.1) is 5.39 Å². The molecule has 27 heavy (non-hydrogen) atoms. The topological polar surface area (TPSA) is 63.8 Å². The third-order valence-electron chi connectivity index (χ3n) is 5.04. The highest BCUT2D eigenvalue weighted by molar-refractivity contribution is 6.06. The fourth-order valence-corrected chi connectivity index (χ4v) is 3.65. The smallest absolute Gasteiger partial charge is 0.229 e. The molecule has 0 aliphatic heterocycles. The van der Waals surface area contributed by atoms with Crippen LogP contribution >= 0.6 is 0 Å². The van der Waals surface area contributed by atoms with E-state index >= 15 is 0 Å². The predicted molar refractivity (Wildman–Crippen MR) is 97.7 cm³/mol. The maximum absolute atomic E-state index is 13.5. The number of nitrogens with zero attached hydrogens (tertiary/aromatic N) is 3. The van der Waals surface area contributed by atoms with Crippen LogP contribution in [0.2, 0.25) is 0 Å². The predicted octanol–water partition coefficient (Wildman–Crippen LogP) is 4.63. The number of furan rings is 1. The molecule has 3 heterocycles. The monoisotopic (exact) mass is 366 g/mol. The molecule has 0 spiro atoms. The Kier molecular flexibility index (Phi) is 3.40. The van der Waals surface area contributed by atoms with E-state index in [1.807, 2.05) is 19.9 Å². The molecule has 3 aromatic heterocycles. The van der Waals surface area contributed by atoms with Crippen molar-refractivity contribution in [3.8, 4) is 0 Å². The average Bonchev–Trinajstić information content (AvgIpc) is 3.27. The Hall–Kier alpha value is -3.09. The van der Waals surface area contributed by atoms with E-state index < -0.39 is 11.6 Å². The van der Waals surface area contributed by atoms with Gasteiger partial charge in [0.2, 0.25) is 5.71 Å². The number of benzene rings is 1. The lowest BCUT2D eigenvalue weighted by atomic mass is 10.1. The number of aromatic nitrogens is 3. The second-order valence-corrected chi connectivity index (χ2v) is 7.03. The number of hydrogen-bond donors (Lipinski definition) is 1. The molecule has 0 amide bonds. The number of hydrogen-bond acceptors (Lipinski definition) is 5. The van der Waals surface area contributed by atoms with Crippen molar-refractivity contribution in [1.82, 2.24) is 15.0 Å². The zero-order chi connectivity index (χ0) is 18.7. The average molecular weight is 366 g/mol. The molecule has 2 atom stereocenters. The fraction of sp³-hybridized carbons (Fsp3) is 0.250. The minimum atomic E-state index is -0.832. The van der Waals surface area contributed by atoms with Crippen molar-refractivity contribution in [3.05, 3.63) is 59.0 Å². The Labute approximate surface area is 153 Å². The zero-order valence-corrected chi connectivity index (χ0v) is 14.8. The fourth-order valence-electron chi connectivity index (χ4n) is 3.65. The number of pyridine rings is 1. The molecule has 5 rings (SSSR count). The van der Waals surface area contributed by atoms with E-state index in [0.29, 0.717) is 17.1 Å². The molecule has 7 heteroatoms. The van der Waals surface area contributed by atoms with E-state index in [2.05, 4.69) is 20.3 Å². The van der Waals surface area contributed by atoms with Gasteiger partial charge in [-0.1, -0.05) is 6.07 Å². The van der Waals surface area contributed by atoms with Crippen molar-refractivity contribution in [2.75, 3.05) is 5.32 Å². The van der Waals surface area contributed by atoms with E-state index in [1.165, 1.54) is 18.5 Å². The number of rotatable bonds is 3. The molecule has 5 nitrogen and oxygen atoms in total. The Morgan fingerprint density at radius 2 is 1.96 bits per heavy atom. The standard InChI is InChI=1S/C20H16F2N4O/c1-9-5-10(2)25-20-16(9)17-18(27-20)19(24-8-23-17)26-15-7-12(15)11-3-4-13(21)14(22)6-11/h3-6,8,12,15H,7H2,1-2H3,(H,23,24,26)/t12-,15?/m0/s1. The summed E-state index contributed by atoms with van der Waals surface area (Å²) in [6.07, 6.45) is 2.31. The summed E-state index contributed by atoms with van der Waals surface area (Å²) >= 11 is 0. The highest BCUT2D eigenvalue weighted by atomic mass is 19.2. The number of aryl methyl sites for hydroxylation is 2. The van der Waals surface area contributed by atoms with Gasteiger partial charge >= 0.3 is 0 Å². The summed E-state index contributed by atoms with van der Waals surface area (Å²) in [5.74, 6) is -0.958. The van der Waals surface area contributed by atoms with Gasteiger partial charge in [0.15, 0.2) is 23.0 Å². The molecular formula is C20H16F2N4O. The molecule has 1 fully saturated rings. The van der Waals surface area contributed by atoms with Crippen LogP contribution in [0.25, 0.3) is 22.2 Å². The lowest BCUT2D eigenvalue weighted by Gasteiger charge is -2.05. The van der Waals surface area contributed by atoms with Gasteiger partial charge in [-0.3, -0.25) is 0 Å². The van der Waals surface area contributed by atoms with E-state index in [9.17, 15) is 8.78 Å². The van der Waals surface area contributed by atoms with Crippen LogP contribution in [0.15, 0.2) is 35.0 Å². The first kappa shape index (κ1) is 16.1.